The Morgan fingerprint density at radius 3 is 2.87 bits per heavy atom. The topological polar surface area (TPSA) is 41.5 Å². The summed E-state index contributed by atoms with van der Waals surface area (Å²) >= 11 is 0. The molecule has 0 radical (unpaired) electrons. The van der Waals surface area contributed by atoms with Gasteiger partial charge < -0.3 is 15.2 Å². The Morgan fingerprint density at radius 1 is 1.47 bits per heavy atom. The van der Waals surface area contributed by atoms with Gasteiger partial charge in [-0.25, -0.2) is 0 Å². The minimum atomic E-state index is 0.192. The molecule has 0 saturated carbocycles. The van der Waals surface area contributed by atoms with Gasteiger partial charge in [-0.2, -0.15) is 0 Å². The minimum Gasteiger partial charge on any atom is -0.508 e. The molecule has 0 aromatic heterocycles. The molecule has 1 aromatic rings. The summed E-state index contributed by atoms with van der Waals surface area (Å²) in [7, 11) is 1.69. The second-order valence-corrected chi connectivity index (χ2v) is 3.81. The summed E-state index contributed by atoms with van der Waals surface area (Å²) in [5.74, 6) is 0.346. The third kappa shape index (κ3) is 3.90. The van der Waals surface area contributed by atoms with E-state index in [-0.39, 0.29) is 6.10 Å². The van der Waals surface area contributed by atoms with Crippen LogP contribution in [0.15, 0.2) is 18.2 Å². The van der Waals surface area contributed by atoms with Gasteiger partial charge in [-0.1, -0.05) is 17.7 Å². The van der Waals surface area contributed by atoms with Crippen molar-refractivity contribution in [1.29, 1.82) is 0 Å². The number of methoxy groups -OCH3 is 1. The standard InChI is InChI=1S/C12H19NO2/c1-9-4-5-12(14)11(6-9)8-13-7-10(2)15-3/h4-6,10,13-14H,7-8H2,1-3H3. The van der Waals surface area contributed by atoms with E-state index in [4.69, 9.17) is 4.74 Å². The van der Waals surface area contributed by atoms with Crippen molar-refractivity contribution < 1.29 is 9.84 Å². The van der Waals surface area contributed by atoms with Crippen LogP contribution in [-0.4, -0.2) is 24.9 Å². The maximum atomic E-state index is 9.59. The first-order valence-corrected chi connectivity index (χ1v) is 5.15. The van der Waals surface area contributed by atoms with Crippen LogP contribution in [0.3, 0.4) is 0 Å². The highest BCUT2D eigenvalue weighted by Gasteiger charge is 2.02. The molecule has 1 rings (SSSR count). The second-order valence-electron chi connectivity index (χ2n) is 3.81. The molecule has 1 unspecified atom stereocenters. The third-order valence-electron chi connectivity index (χ3n) is 2.38. The van der Waals surface area contributed by atoms with E-state index in [2.05, 4.69) is 5.32 Å². The second kappa shape index (κ2) is 5.73. The number of phenolic OH excluding ortho intramolecular Hbond substituents is 1. The normalized spacial score (nSPS) is 12.7. The molecule has 3 nitrogen and oxygen atoms in total. The number of benzene rings is 1. The van der Waals surface area contributed by atoms with Crippen LogP contribution in [-0.2, 0) is 11.3 Å². The Morgan fingerprint density at radius 2 is 2.20 bits per heavy atom. The SMILES string of the molecule is COC(C)CNCc1cc(C)ccc1O. The predicted molar refractivity (Wildman–Crippen MR) is 61.0 cm³/mol. The zero-order valence-corrected chi connectivity index (χ0v) is 9.58. The van der Waals surface area contributed by atoms with Crippen LogP contribution in [0.2, 0.25) is 0 Å². The molecule has 0 amide bonds. The molecule has 3 heteroatoms. The van der Waals surface area contributed by atoms with Crippen molar-refractivity contribution in [3.63, 3.8) is 0 Å². The van der Waals surface area contributed by atoms with Crippen LogP contribution < -0.4 is 5.32 Å². The highest BCUT2D eigenvalue weighted by atomic mass is 16.5. The largest absolute Gasteiger partial charge is 0.508 e. The first kappa shape index (κ1) is 12.0. The average molecular weight is 209 g/mol. The summed E-state index contributed by atoms with van der Waals surface area (Å²) in [6.45, 7) is 5.47. The zero-order chi connectivity index (χ0) is 11.3. The molecule has 84 valence electrons. The quantitative estimate of drug-likeness (QED) is 0.777. The van der Waals surface area contributed by atoms with E-state index < -0.39 is 0 Å². The summed E-state index contributed by atoms with van der Waals surface area (Å²) in [4.78, 5) is 0. The number of phenols is 1. The smallest absolute Gasteiger partial charge is 0.120 e. The molecule has 0 aliphatic heterocycles. The van der Waals surface area contributed by atoms with Crippen LogP contribution >= 0.6 is 0 Å². The van der Waals surface area contributed by atoms with Gasteiger partial charge in [-0.15, -0.1) is 0 Å². The van der Waals surface area contributed by atoms with Gasteiger partial charge >= 0.3 is 0 Å². The molecule has 0 bridgehead atoms. The lowest BCUT2D eigenvalue weighted by atomic mass is 10.1. The summed E-state index contributed by atoms with van der Waals surface area (Å²) in [6, 6.07) is 5.61. The number of aryl methyl sites for hydroxylation is 1. The van der Waals surface area contributed by atoms with Crippen molar-refractivity contribution in [3.05, 3.63) is 29.3 Å². The monoisotopic (exact) mass is 209 g/mol. The Hall–Kier alpha value is -1.06. The molecule has 2 N–H and O–H groups in total. The van der Waals surface area contributed by atoms with Gasteiger partial charge in [-0.3, -0.25) is 0 Å². The summed E-state index contributed by atoms with van der Waals surface area (Å²) in [6.07, 6.45) is 0.192. The van der Waals surface area contributed by atoms with Crippen LogP contribution in [0.5, 0.6) is 5.75 Å². The first-order chi connectivity index (χ1) is 7.13. The maximum absolute atomic E-state index is 9.59. The van der Waals surface area contributed by atoms with E-state index in [0.29, 0.717) is 12.3 Å². The van der Waals surface area contributed by atoms with E-state index in [0.717, 1.165) is 17.7 Å². The van der Waals surface area contributed by atoms with Crippen LogP contribution in [0.25, 0.3) is 0 Å². The van der Waals surface area contributed by atoms with Crippen molar-refractivity contribution in [2.75, 3.05) is 13.7 Å². The Kier molecular flexibility index (Phi) is 4.59. The van der Waals surface area contributed by atoms with Gasteiger partial charge in [0, 0.05) is 25.8 Å². The van der Waals surface area contributed by atoms with Gasteiger partial charge in [0.1, 0.15) is 5.75 Å². The maximum Gasteiger partial charge on any atom is 0.120 e. The summed E-state index contributed by atoms with van der Waals surface area (Å²) in [5.41, 5.74) is 2.09. The molecular formula is C12H19NO2. The molecular weight excluding hydrogens is 190 g/mol. The van der Waals surface area contributed by atoms with Crippen LogP contribution in [0.4, 0.5) is 0 Å². The van der Waals surface area contributed by atoms with Crippen LogP contribution in [0, 0.1) is 6.92 Å². The van der Waals surface area contributed by atoms with Gasteiger partial charge in [-0.05, 0) is 19.9 Å². The zero-order valence-electron chi connectivity index (χ0n) is 9.58. The van der Waals surface area contributed by atoms with Crippen molar-refractivity contribution in [1.82, 2.24) is 5.32 Å². The predicted octanol–water partition coefficient (Wildman–Crippen LogP) is 1.83. The first-order valence-electron chi connectivity index (χ1n) is 5.15. The summed E-state index contributed by atoms with van der Waals surface area (Å²) < 4.78 is 5.12. The number of ether oxygens (including phenoxy) is 1. The number of aromatic hydroxyl groups is 1. The fourth-order valence-electron chi connectivity index (χ4n) is 1.35. The van der Waals surface area contributed by atoms with E-state index in [1.807, 2.05) is 26.0 Å². The van der Waals surface area contributed by atoms with Crippen molar-refractivity contribution >= 4 is 0 Å². The van der Waals surface area contributed by atoms with Crippen LogP contribution in [0.1, 0.15) is 18.1 Å². The summed E-state index contributed by atoms with van der Waals surface area (Å²) in [5, 5.41) is 12.8. The van der Waals surface area contributed by atoms with E-state index >= 15 is 0 Å². The lowest BCUT2D eigenvalue weighted by molar-refractivity contribution is 0.117. The molecule has 0 heterocycles. The highest BCUT2D eigenvalue weighted by Crippen LogP contribution is 2.17. The number of hydrogen-bond acceptors (Lipinski definition) is 3. The van der Waals surface area contributed by atoms with Crippen molar-refractivity contribution in [2.24, 2.45) is 0 Å². The Balaban J connectivity index is 2.46. The van der Waals surface area contributed by atoms with E-state index in [9.17, 15) is 5.11 Å². The minimum absolute atomic E-state index is 0.192. The number of hydrogen-bond donors (Lipinski definition) is 2. The van der Waals surface area contributed by atoms with Crippen molar-refractivity contribution in [2.45, 2.75) is 26.5 Å². The van der Waals surface area contributed by atoms with Gasteiger partial charge in [0.05, 0.1) is 6.10 Å². The van der Waals surface area contributed by atoms with Gasteiger partial charge in [0.15, 0.2) is 0 Å². The molecule has 15 heavy (non-hydrogen) atoms. The highest BCUT2D eigenvalue weighted by molar-refractivity contribution is 5.35. The van der Waals surface area contributed by atoms with Gasteiger partial charge in [0.2, 0.25) is 0 Å². The lowest BCUT2D eigenvalue weighted by Crippen LogP contribution is -2.25. The van der Waals surface area contributed by atoms with Crippen molar-refractivity contribution in [3.8, 4) is 5.75 Å². The Labute approximate surface area is 91.1 Å². The average Bonchev–Trinajstić information content (AvgIpc) is 2.23. The van der Waals surface area contributed by atoms with E-state index in [1.165, 1.54) is 0 Å². The molecule has 0 aliphatic carbocycles. The third-order valence-corrected chi connectivity index (χ3v) is 2.38. The van der Waals surface area contributed by atoms with Gasteiger partial charge in [0.25, 0.3) is 0 Å². The number of rotatable bonds is 5. The fraction of sp³-hybridized carbons (Fsp3) is 0.500. The Bertz CT molecular complexity index is 312. The fourth-order valence-corrected chi connectivity index (χ4v) is 1.35. The molecule has 1 aromatic carbocycles. The molecule has 0 spiro atoms. The lowest BCUT2D eigenvalue weighted by Gasteiger charge is -2.11. The molecule has 1 atom stereocenters. The molecule has 0 saturated heterocycles. The number of nitrogens with one attached hydrogen (secondary N) is 1. The van der Waals surface area contributed by atoms with E-state index in [1.54, 1.807) is 13.2 Å². The molecule has 0 aliphatic rings. The molecule has 0 fully saturated rings.